The van der Waals surface area contributed by atoms with Crippen molar-refractivity contribution in [3.8, 4) is 0 Å². The van der Waals surface area contributed by atoms with Crippen molar-refractivity contribution in [2.45, 2.75) is 25.3 Å². The number of nitrogens with one attached hydrogen (secondary N) is 2. The first kappa shape index (κ1) is 10.4. The topological polar surface area (TPSA) is 62.0 Å². The van der Waals surface area contributed by atoms with Gasteiger partial charge >= 0.3 is 0 Å². The minimum absolute atomic E-state index is 0.0973. The standard InChI is InChI=1S/C14H16N2O2/c17-10-6-9(3-4-15-10)14(18)16-13-11-7-1-2-8(5-7)12(11)13/h3-4,6-8,11-13H,1-2,5H2,(H,15,17)(H,16,18). The van der Waals surface area contributed by atoms with Crippen molar-refractivity contribution in [1.29, 1.82) is 0 Å². The number of pyridine rings is 1. The molecule has 4 unspecified atom stereocenters. The number of hydrogen-bond donors (Lipinski definition) is 2. The highest BCUT2D eigenvalue weighted by atomic mass is 16.2. The molecule has 0 radical (unpaired) electrons. The average molecular weight is 244 g/mol. The largest absolute Gasteiger partial charge is 0.349 e. The van der Waals surface area contributed by atoms with E-state index in [1.807, 2.05) is 0 Å². The van der Waals surface area contributed by atoms with Crippen LogP contribution in [0.25, 0.3) is 0 Å². The second kappa shape index (κ2) is 3.46. The molecule has 3 saturated carbocycles. The lowest BCUT2D eigenvalue weighted by molar-refractivity contribution is 0.0944. The fraction of sp³-hybridized carbons (Fsp3) is 0.571. The maximum atomic E-state index is 12.0. The molecule has 2 bridgehead atoms. The number of carbonyl (C=O) groups is 1. The van der Waals surface area contributed by atoms with Gasteiger partial charge in [-0.05, 0) is 49.0 Å². The van der Waals surface area contributed by atoms with Gasteiger partial charge in [0.05, 0.1) is 0 Å². The van der Waals surface area contributed by atoms with Gasteiger partial charge in [-0.25, -0.2) is 0 Å². The van der Waals surface area contributed by atoms with Crippen LogP contribution in [0.5, 0.6) is 0 Å². The summed E-state index contributed by atoms with van der Waals surface area (Å²) in [5.74, 6) is 3.07. The molecule has 0 spiro atoms. The Morgan fingerprint density at radius 2 is 2.00 bits per heavy atom. The Kier molecular flexibility index (Phi) is 1.99. The van der Waals surface area contributed by atoms with Crippen LogP contribution in [0.2, 0.25) is 0 Å². The van der Waals surface area contributed by atoms with Gasteiger partial charge in [-0.3, -0.25) is 9.59 Å². The van der Waals surface area contributed by atoms with E-state index >= 15 is 0 Å². The van der Waals surface area contributed by atoms with Crippen LogP contribution in [-0.4, -0.2) is 16.9 Å². The number of aromatic amines is 1. The molecule has 1 aromatic heterocycles. The van der Waals surface area contributed by atoms with E-state index in [2.05, 4.69) is 10.3 Å². The van der Waals surface area contributed by atoms with Crippen molar-refractivity contribution < 1.29 is 4.79 Å². The van der Waals surface area contributed by atoms with Crippen molar-refractivity contribution in [3.05, 3.63) is 34.2 Å². The van der Waals surface area contributed by atoms with Crippen molar-refractivity contribution in [2.24, 2.45) is 23.7 Å². The van der Waals surface area contributed by atoms with Gasteiger partial charge in [0.1, 0.15) is 0 Å². The summed E-state index contributed by atoms with van der Waals surface area (Å²) in [4.78, 5) is 25.7. The molecule has 4 atom stereocenters. The van der Waals surface area contributed by atoms with Crippen LogP contribution >= 0.6 is 0 Å². The molecular weight excluding hydrogens is 228 g/mol. The van der Waals surface area contributed by atoms with Gasteiger partial charge < -0.3 is 10.3 Å². The van der Waals surface area contributed by atoms with Crippen molar-refractivity contribution >= 4 is 5.91 Å². The quantitative estimate of drug-likeness (QED) is 0.819. The molecule has 2 N–H and O–H groups in total. The second-order valence-corrected chi connectivity index (χ2v) is 5.93. The molecule has 0 aromatic carbocycles. The summed E-state index contributed by atoms with van der Waals surface area (Å²) in [6.07, 6.45) is 5.60. The third-order valence-electron chi connectivity index (χ3n) is 5.07. The first-order valence-electron chi connectivity index (χ1n) is 6.73. The predicted molar refractivity (Wildman–Crippen MR) is 66.1 cm³/mol. The summed E-state index contributed by atoms with van der Waals surface area (Å²) in [6.45, 7) is 0. The van der Waals surface area contributed by atoms with E-state index in [0.717, 1.165) is 23.7 Å². The van der Waals surface area contributed by atoms with E-state index in [-0.39, 0.29) is 11.5 Å². The maximum absolute atomic E-state index is 12.0. The molecule has 18 heavy (non-hydrogen) atoms. The summed E-state index contributed by atoms with van der Waals surface area (Å²) in [5, 5.41) is 3.11. The predicted octanol–water partition coefficient (Wildman–Crippen LogP) is 1.15. The molecule has 0 aliphatic heterocycles. The summed E-state index contributed by atoms with van der Waals surface area (Å²) < 4.78 is 0. The summed E-state index contributed by atoms with van der Waals surface area (Å²) in [5.41, 5.74) is 0.245. The Labute approximate surface area is 105 Å². The highest BCUT2D eigenvalue weighted by Gasteiger charge is 2.65. The lowest BCUT2D eigenvalue weighted by atomic mass is 10.0. The Morgan fingerprint density at radius 3 is 2.67 bits per heavy atom. The van der Waals surface area contributed by atoms with Gasteiger partial charge in [0.15, 0.2) is 0 Å². The monoisotopic (exact) mass is 244 g/mol. The lowest BCUT2D eigenvalue weighted by Gasteiger charge is -2.10. The van der Waals surface area contributed by atoms with E-state index in [0.29, 0.717) is 11.6 Å². The number of H-pyrrole nitrogens is 1. The van der Waals surface area contributed by atoms with Crippen molar-refractivity contribution in [3.63, 3.8) is 0 Å². The normalized spacial score (nSPS) is 39.4. The number of rotatable bonds is 2. The number of hydrogen-bond acceptors (Lipinski definition) is 2. The Morgan fingerprint density at radius 1 is 1.28 bits per heavy atom. The highest BCUT2D eigenvalue weighted by Crippen LogP contribution is 2.65. The van der Waals surface area contributed by atoms with Crippen LogP contribution in [0.15, 0.2) is 23.1 Å². The smallest absolute Gasteiger partial charge is 0.251 e. The van der Waals surface area contributed by atoms with E-state index < -0.39 is 0 Å². The van der Waals surface area contributed by atoms with Crippen LogP contribution in [0.3, 0.4) is 0 Å². The zero-order valence-electron chi connectivity index (χ0n) is 10.1. The van der Waals surface area contributed by atoms with Gasteiger partial charge in [0.2, 0.25) is 5.56 Å². The first-order valence-corrected chi connectivity index (χ1v) is 6.73. The fourth-order valence-electron chi connectivity index (χ4n) is 4.34. The fourth-order valence-corrected chi connectivity index (χ4v) is 4.34. The van der Waals surface area contributed by atoms with Crippen molar-refractivity contribution in [1.82, 2.24) is 10.3 Å². The van der Waals surface area contributed by atoms with E-state index in [1.54, 1.807) is 6.07 Å². The van der Waals surface area contributed by atoms with E-state index in [9.17, 15) is 9.59 Å². The lowest BCUT2D eigenvalue weighted by Crippen LogP contribution is -2.30. The maximum Gasteiger partial charge on any atom is 0.251 e. The van der Waals surface area contributed by atoms with Gasteiger partial charge in [0.25, 0.3) is 5.91 Å². The van der Waals surface area contributed by atoms with Gasteiger partial charge in [-0.15, -0.1) is 0 Å². The minimum atomic E-state index is -0.223. The molecule has 1 amide bonds. The molecule has 3 fully saturated rings. The number of amides is 1. The molecule has 4 rings (SSSR count). The highest BCUT2D eigenvalue weighted by molar-refractivity contribution is 5.94. The Hall–Kier alpha value is -1.58. The molecule has 3 aliphatic carbocycles. The van der Waals surface area contributed by atoms with Crippen molar-refractivity contribution in [2.75, 3.05) is 0 Å². The molecule has 1 aromatic rings. The number of fused-ring (bicyclic) bond motifs is 5. The van der Waals surface area contributed by atoms with Crippen LogP contribution in [0.4, 0.5) is 0 Å². The molecule has 4 heteroatoms. The minimum Gasteiger partial charge on any atom is -0.349 e. The van der Waals surface area contributed by atoms with Gasteiger partial charge in [-0.1, -0.05) is 0 Å². The third kappa shape index (κ3) is 1.38. The van der Waals surface area contributed by atoms with Gasteiger partial charge in [0, 0.05) is 23.9 Å². The van der Waals surface area contributed by atoms with Crippen LogP contribution < -0.4 is 10.9 Å². The second-order valence-electron chi connectivity index (χ2n) is 5.93. The first-order chi connectivity index (χ1) is 8.74. The van der Waals surface area contributed by atoms with Crippen LogP contribution in [0.1, 0.15) is 29.6 Å². The SMILES string of the molecule is O=C(NC1C2C3CCC(C3)C12)c1cc[nH]c(=O)c1. The summed E-state index contributed by atoms with van der Waals surface area (Å²) in [6, 6.07) is 3.40. The van der Waals surface area contributed by atoms with Crippen LogP contribution in [0, 0.1) is 23.7 Å². The zero-order chi connectivity index (χ0) is 12.3. The molecule has 1 heterocycles. The summed E-state index contributed by atoms with van der Waals surface area (Å²) in [7, 11) is 0. The van der Waals surface area contributed by atoms with E-state index in [4.69, 9.17) is 0 Å². The average Bonchev–Trinajstić information content (AvgIpc) is 2.77. The summed E-state index contributed by atoms with van der Waals surface area (Å²) >= 11 is 0. The number of carbonyl (C=O) groups excluding carboxylic acids is 1. The molecular formula is C14H16N2O2. The van der Waals surface area contributed by atoms with Crippen LogP contribution in [-0.2, 0) is 0 Å². The zero-order valence-corrected chi connectivity index (χ0v) is 10.1. The molecule has 4 nitrogen and oxygen atoms in total. The Bertz CT molecular complexity index is 549. The Balaban J connectivity index is 1.48. The van der Waals surface area contributed by atoms with Gasteiger partial charge in [-0.2, -0.15) is 0 Å². The van der Waals surface area contributed by atoms with E-state index in [1.165, 1.54) is 31.5 Å². The number of aromatic nitrogens is 1. The molecule has 0 saturated heterocycles. The molecule has 94 valence electrons. The molecule has 3 aliphatic rings. The third-order valence-corrected chi connectivity index (χ3v) is 5.07.